The van der Waals surface area contributed by atoms with Crippen molar-refractivity contribution in [2.75, 3.05) is 10.0 Å². The van der Waals surface area contributed by atoms with Gasteiger partial charge in [0, 0.05) is 0 Å². The van der Waals surface area contributed by atoms with Crippen LogP contribution in [0, 0.1) is 6.92 Å². The summed E-state index contributed by atoms with van der Waals surface area (Å²) < 4.78 is 34.1. The molecule has 0 aliphatic rings. The Kier molecular flexibility index (Phi) is 6.42. The van der Waals surface area contributed by atoms with Crippen molar-refractivity contribution in [3.63, 3.8) is 0 Å². The van der Waals surface area contributed by atoms with Crippen LogP contribution in [0.3, 0.4) is 0 Å². The number of hydrogen-bond acceptors (Lipinski definition) is 4. The van der Waals surface area contributed by atoms with Crippen molar-refractivity contribution < 1.29 is 17.9 Å². The van der Waals surface area contributed by atoms with Gasteiger partial charge in [-0.2, -0.15) is 0 Å². The van der Waals surface area contributed by atoms with E-state index in [1.54, 1.807) is 60.7 Å². The van der Waals surface area contributed by atoms with Gasteiger partial charge in [0.25, 0.3) is 15.9 Å². The number of anilines is 2. The van der Waals surface area contributed by atoms with Crippen LogP contribution < -0.4 is 14.8 Å². The van der Waals surface area contributed by atoms with Gasteiger partial charge < -0.3 is 10.1 Å². The molecule has 0 atom stereocenters. The van der Waals surface area contributed by atoms with Crippen LogP contribution in [0.4, 0.5) is 11.4 Å². The zero-order chi connectivity index (χ0) is 23.3. The third-order valence-electron chi connectivity index (χ3n) is 4.85. The van der Waals surface area contributed by atoms with E-state index >= 15 is 0 Å². The molecule has 4 rings (SSSR count). The number of benzene rings is 4. The van der Waals surface area contributed by atoms with E-state index in [-0.39, 0.29) is 16.1 Å². The fourth-order valence-electron chi connectivity index (χ4n) is 3.16. The van der Waals surface area contributed by atoms with Crippen molar-refractivity contribution in [3.8, 4) is 11.5 Å². The fourth-order valence-corrected chi connectivity index (χ4v) is 4.24. The van der Waals surface area contributed by atoms with Crippen LogP contribution in [0.5, 0.6) is 11.5 Å². The Bertz CT molecular complexity index is 1370. The van der Waals surface area contributed by atoms with E-state index in [2.05, 4.69) is 10.0 Å². The smallest absolute Gasteiger partial charge is 0.261 e. The Morgan fingerprint density at radius 3 is 2.06 bits per heavy atom. The molecule has 0 radical (unpaired) electrons. The van der Waals surface area contributed by atoms with E-state index in [9.17, 15) is 13.2 Å². The highest BCUT2D eigenvalue weighted by molar-refractivity contribution is 7.92. The average molecular weight is 459 g/mol. The van der Waals surface area contributed by atoms with Gasteiger partial charge in [0.15, 0.2) is 5.75 Å². The van der Waals surface area contributed by atoms with E-state index in [0.717, 1.165) is 5.56 Å². The Balaban J connectivity index is 1.58. The highest BCUT2D eigenvalue weighted by Gasteiger charge is 2.19. The fraction of sp³-hybridized carbons (Fsp3) is 0.0385. The van der Waals surface area contributed by atoms with Crippen LogP contribution >= 0.6 is 0 Å². The molecule has 0 spiro atoms. The van der Waals surface area contributed by atoms with Crippen LogP contribution in [0.1, 0.15) is 15.9 Å². The molecule has 0 bridgehead atoms. The Morgan fingerprint density at radius 1 is 0.727 bits per heavy atom. The molecule has 0 saturated heterocycles. The molecule has 0 saturated carbocycles. The van der Waals surface area contributed by atoms with Crippen LogP contribution in [-0.2, 0) is 10.0 Å². The highest BCUT2D eigenvalue weighted by Crippen LogP contribution is 2.30. The van der Waals surface area contributed by atoms with Crippen LogP contribution in [-0.4, -0.2) is 14.3 Å². The summed E-state index contributed by atoms with van der Waals surface area (Å²) in [5.74, 6) is 0.626. The molecule has 6 nitrogen and oxygen atoms in total. The number of carbonyl (C=O) groups excluding carboxylic acids is 1. The molecule has 0 unspecified atom stereocenters. The predicted molar refractivity (Wildman–Crippen MR) is 129 cm³/mol. The molecule has 0 heterocycles. The van der Waals surface area contributed by atoms with Crippen molar-refractivity contribution in [2.45, 2.75) is 11.8 Å². The maximum atomic E-state index is 13.1. The van der Waals surface area contributed by atoms with Crippen molar-refractivity contribution >= 4 is 27.3 Å². The number of aryl methyl sites for hydroxylation is 1. The van der Waals surface area contributed by atoms with Gasteiger partial charge >= 0.3 is 0 Å². The molecular weight excluding hydrogens is 436 g/mol. The molecule has 2 N–H and O–H groups in total. The maximum absolute atomic E-state index is 13.1. The number of amides is 1. The lowest BCUT2D eigenvalue weighted by atomic mass is 10.1. The van der Waals surface area contributed by atoms with Crippen LogP contribution in [0.2, 0.25) is 0 Å². The van der Waals surface area contributed by atoms with Crippen LogP contribution in [0.25, 0.3) is 0 Å². The average Bonchev–Trinajstić information content (AvgIpc) is 2.81. The number of carbonyl (C=O) groups is 1. The molecule has 0 fully saturated rings. The molecule has 33 heavy (non-hydrogen) atoms. The summed E-state index contributed by atoms with van der Waals surface area (Å²) >= 11 is 0. The van der Waals surface area contributed by atoms with E-state index in [1.807, 2.05) is 37.3 Å². The lowest BCUT2D eigenvalue weighted by molar-refractivity contribution is 0.102. The topological polar surface area (TPSA) is 84.5 Å². The normalized spacial score (nSPS) is 10.9. The first-order chi connectivity index (χ1) is 15.9. The molecule has 166 valence electrons. The largest absolute Gasteiger partial charge is 0.455 e. The molecular formula is C26H22N2O4S. The number of hydrogen-bond donors (Lipinski definition) is 2. The maximum Gasteiger partial charge on any atom is 0.261 e. The first-order valence-corrected chi connectivity index (χ1v) is 11.7. The van der Waals surface area contributed by atoms with Crippen LogP contribution in [0.15, 0.2) is 108 Å². The summed E-state index contributed by atoms with van der Waals surface area (Å²) in [5, 5.41) is 2.82. The molecule has 0 aromatic heterocycles. The molecule has 1 amide bonds. The van der Waals surface area contributed by atoms with E-state index in [1.165, 1.54) is 12.1 Å². The van der Waals surface area contributed by atoms with Gasteiger partial charge in [0.05, 0.1) is 21.8 Å². The second kappa shape index (κ2) is 9.58. The monoisotopic (exact) mass is 458 g/mol. The van der Waals surface area contributed by atoms with Gasteiger partial charge in [-0.05, 0) is 55.5 Å². The third-order valence-corrected chi connectivity index (χ3v) is 6.23. The summed E-state index contributed by atoms with van der Waals surface area (Å²) in [7, 11) is -3.86. The number of para-hydroxylation sites is 4. The Labute approximate surface area is 192 Å². The van der Waals surface area contributed by atoms with Gasteiger partial charge in [-0.1, -0.05) is 60.2 Å². The van der Waals surface area contributed by atoms with Gasteiger partial charge in [0.1, 0.15) is 5.75 Å². The molecule has 0 aliphatic carbocycles. The summed E-state index contributed by atoms with van der Waals surface area (Å²) in [6.45, 7) is 1.88. The third kappa shape index (κ3) is 5.39. The second-order valence-electron chi connectivity index (χ2n) is 7.33. The first kappa shape index (κ1) is 22.1. The van der Waals surface area contributed by atoms with Crippen molar-refractivity contribution in [1.29, 1.82) is 0 Å². The summed E-state index contributed by atoms with van der Waals surface area (Å²) in [6, 6.07) is 29.2. The van der Waals surface area contributed by atoms with Crippen molar-refractivity contribution in [3.05, 3.63) is 114 Å². The predicted octanol–water partition coefficient (Wildman–Crippen LogP) is 5.84. The minimum atomic E-state index is -3.86. The zero-order valence-electron chi connectivity index (χ0n) is 17.9. The summed E-state index contributed by atoms with van der Waals surface area (Å²) in [4.78, 5) is 13.2. The molecule has 0 aliphatic heterocycles. The van der Waals surface area contributed by atoms with E-state index in [0.29, 0.717) is 17.2 Å². The molecule has 4 aromatic rings. The van der Waals surface area contributed by atoms with Crippen molar-refractivity contribution in [1.82, 2.24) is 0 Å². The van der Waals surface area contributed by atoms with E-state index < -0.39 is 15.9 Å². The second-order valence-corrected chi connectivity index (χ2v) is 9.01. The SMILES string of the molecule is Cc1ccc(S(=O)(=O)Nc2ccccc2C(=O)Nc2ccccc2Oc2ccccc2)cc1. The lowest BCUT2D eigenvalue weighted by Crippen LogP contribution is -2.18. The minimum absolute atomic E-state index is 0.116. The number of ether oxygens (including phenoxy) is 1. The Hall–Kier alpha value is -4.10. The highest BCUT2D eigenvalue weighted by atomic mass is 32.2. The van der Waals surface area contributed by atoms with E-state index in [4.69, 9.17) is 4.74 Å². The van der Waals surface area contributed by atoms with Gasteiger partial charge in [-0.25, -0.2) is 8.42 Å². The minimum Gasteiger partial charge on any atom is -0.455 e. The van der Waals surface area contributed by atoms with Gasteiger partial charge in [-0.3, -0.25) is 9.52 Å². The van der Waals surface area contributed by atoms with Gasteiger partial charge in [0.2, 0.25) is 0 Å². The molecule has 7 heteroatoms. The van der Waals surface area contributed by atoms with Crippen molar-refractivity contribution in [2.24, 2.45) is 0 Å². The summed E-state index contributed by atoms with van der Waals surface area (Å²) in [5.41, 5.74) is 1.77. The number of sulfonamides is 1. The standard InChI is InChI=1S/C26H22N2O4S/c1-19-15-17-21(18-16-19)33(30,31)28-23-12-6-5-11-22(23)26(29)27-24-13-7-8-14-25(24)32-20-9-3-2-4-10-20/h2-18,28H,1H3,(H,27,29). The number of nitrogens with one attached hydrogen (secondary N) is 2. The zero-order valence-corrected chi connectivity index (χ0v) is 18.7. The van der Waals surface area contributed by atoms with Gasteiger partial charge in [-0.15, -0.1) is 0 Å². The number of rotatable bonds is 7. The molecule has 4 aromatic carbocycles. The Morgan fingerprint density at radius 2 is 1.33 bits per heavy atom. The quantitative estimate of drug-likeness (QED) is 0.364. The lowest BCUT2D eigenvalue weighted by Gasteiger charge is -2.15. The summed E-state index contributed by atoms with van der Waals surface area (Å²) in [6.07, 6.45) is 0. The first-order valence-electron chi connectivity index (χ1n) is 10.2.